The van der Waals surface area contributed by atoms with Crippen LogP contribution in [0, 0.1) is 0 Å². The second-order valence-electron chi connectivity index (χ2n) is 6.09. The largest absolute Gasteiger partial charge is 0.445 e. The number of benzene rings is 2. The first-order valence-corrected chi connectivity index (χ1v) is 8.63. The van der Waals surface area contributed by atoms with Crippen LogP contribution in [0.2, 0.25) is 0 Å². The molecule has 0 spiro atoms. The van der Waals surface area contributed by atoms with Gasteiger partial charge in [0.05, 0.1) is 0 Å². The minimum Gasteiger partial charge on any atom is -0.445 e. The molecule has 2 aromatic carbocycles. The number of alkyl carbamates (subject to hydrolysis) is 1. The van der Waals surface area contributed by atoms with Gasteiger partial charge in [-0.25, -0.2) is 4.79 Å². The molecule has 0 aliphatic heterocycles. The van der Waals surface area contributed by atoms with Crippen LogP contribution in [-0.4, -0.2) is 12.1 Å². The third-order valence-corrected chi connectivity index (χ3v) is 5.11. The smallest absolute Gasteiger partial charge is 0.407 e. The lowest BCUT2D eigenvalue weighted by Crippen LogP contribution is -2.41. The number of halogens is 1. The van der Waals surface area contributed by atoms with E-state index < -0.39 is 0 Å². The summed E-state index contributed by atoms with van der Waals surface area (Å²) in [5.74, 6) is 0. The van der Waals surface area contributed by atoms with E-state index in [1.165, 1.54) is 5.56 Å². The van der Waals surface area contributed by atoms with Crippen molar-refractivity contribution in [3.63, 3.8) is 0 Å². The summed E-state index contributed by atoms with van der Waals surface area (Å²) in [6.07, 6.45) is 1.83. The third-order valence-electron chi connectivity index (χ3n) is 4.58. The Balaban J connectivity index is 1.57. The van der Waals surface area contributed by atoms with E-state index >= 15 is 0 Å². The van der Waals surface area contributed by atoms with Crippen molar-refractivity contribution in [2.45, 2.75) is 37.8 Å². The molecule has 1 fully saturated rings. The van der Waals surface area contributed by atoms with Crippen molar-refractivity contribution in [2.75, 3.05) is 0 Å². The van der Waals surface area contributed by atoms with Crippen LogP contribution in [-0.2, 0) is 16.8 Å². The summed E-state index contributed by atoms with van der Waals surface area (Å²) in [5, 5.41) is 2.99. The maximum absolute atomic E-state index is 12.0. The number of hydrogen-bond donors (Lipinski definition) is 1. The van der Waals surface area contributed by atoms with Crippen molar-refractivity contribution in [1.29, 1.82) is 0 Å². The first-order chi connectivity index (χ1) is 11.1. The van der Waals surface area contributed by atoms with Gasteiger partial charge in [0.15, 0.2) is 0 Å². The van der Waals surface area contributed by atoms with Gasteiger partial charge < -0.3 is 10.1 Å². The molecule has 1 unspecified atom stereocenters. The Morgan fingerprint density at radius 2 is 1.83 bits per heavy atom. The second kappa shape index (κ2) is 6.75. The van der Waals surface area contributed by atoms with E-state index in [2.05, 4.69) is 52.4 Å². The van der Waals surface area contributed by atoms with Crippen LogP contribution >= 0.6 is 15.9 Å². The highest BCUT2D eigenvalue weighted by molar-refractivity contribution is 9.10. The molecule has 4 heteroatoms. The molecule has 1 aliphatic carbocycles. The van der Waals surface area contributed by atoms with Gasteiger partial charge in [0.2, 0.25) is 0 Å². The molecule has 0 radical (unpaired) electrons. The molecule has 0 bridgehead atoms. The lowest BCUT2D eigenvalue weighted by molar-refractivity contribution is 0.134. The molecule has 1 amide bonds. The van der Waals surface area contributed by atoms with Gasteiger partial charge in [-0.2, -0.15) is 0 Å². The van der Waals surface area contributed by atoms with Crippen molar-refractivity contribution in [3.8, 4) is 0 Å². The molecule has 0 aromatic heterocycles. The van der Waals surface area contributed by atoms with Gasteiger partial charge >= 0.3 is 6.09 Å². The monoisotopic (exact) mass is 373 g/mol. The Labute approximate surface area is 145 Å². The van der Waals surface area contributed by atoms with Gasteiger partial charge in [-0.15, -0.1) is 0 Å². The van der Waals surface area contributed by atoms with E-state index in [0.29, 0.717) is 6.61 Å². The minimum absolute atomic E-state index is 0.0481. The predicted molar refractivity (Wildman–Crippen MR) is 94.3 cm³/mol. The topological polar surface area (TPSA) is 38.3 Å². The zero-order valence-electron chi connectivity index (χ0n) is 13.1. The van der Waals surface area contributed by atoms with Crippen molar-refractivity contribution >= 4 is 22.0 Å². The molecule has 3 rings (SSSR count). The van der Waals surface area contributed by atoms with Crippen LogP contribution in [0.25, 0.3) is 0 Å². The summed E-state index contributed by atoms with van der Waals surface area (Å²) < 4.78 is 6.39. The van der Waals surface area contributed by atoms with E-state index in [0.717, 1.165) is 22.9 Å². The average Bonchev–Trinajstić information content (AvgIpc) is 3.36. The standard InChI is InChI=1S/C19H20BrNO2/c1-14(19(11-12-19)16-7-9-17(20)10-8-16)21-18(22)23-13-15-5-3-2-4-6-15/h2-10,14H,11-13H2,1H3,(H,21,22). The van der Waals surface area contributed by atoms with Gasteiger partial charge in [0.1, 0.15) is 6.61 Å². The zero-order valence-corrected chi connectivity index (χ0v) is 14.7. The lowest BCUT2D eigenvalue weighted by Gasteiger charge is -2.25. The van der Waals surface area contributed by atoms with Crippen LogP contribution in [0.4, 0.5) is 4.79 Å². The van der Waals surface area contributed by atoms with Crippen LogP contribution in [0.5, 0.6) is 0 Å². The van der Waals surface area contributed by atoms with Gasteiger partial charge in [-0.3, -0.25) is 0 Å². The maximum atomic E-state index is 12.0. The number of hydrogen-bond acceptors (Lipinski definition) is 2. The Morgan fingerprint density at radius 3 is 2.43 bits per heavy atom. The van der Waals surface area contributed by atoms with Crippen LogP contribution < -0.4 is 5.32 Å². The number of carbonyl (C=O) groups is 1. The normalized spacial score (nSPS) is 16.4. The van der Waals surface area contributed by atoms with Crippen LogP contribution in [0.3, 0.4) is 0 Å². The Kier molecular flexibility index (Phi) is 4.71. The van der Waals surface area contributed by atoms with E-state index in [1.807, 2.05) is 30.3 Å². The highest BCUT2D eigenvalue weighted by Gasteiger charge is 2.49. The fraction of sp³-hybridized carbons (Fsp3) is 0.316. The van der Waals surface area contributed by atoms with Crippen LogP contribution in [0.1, 0.15) is 30.9 Å². The highest BCUT2D eigenvalue weighted by atomic mass is 79.9. The number of ether oxygens (including phenoxy) is 1. The Hall–Kier alpha value is -1.81. The van der Waals surface area contributed by atoms with E-state index in [1.54, 1.807) is 0 Å². The maximum Gasteiger partial charge on any atom is 0.407 e. The number of amides is 1. The summed E-state index contributed by atoms with van der Waals surface area (Å²) in [5.41, 5.74) is 2.31. The molecule has 1 N–H and O–H groups in total. The quantitative estimate of drug-likeness (QED) is 0.817. The number of carbonyl (C=O) groups excluding carboxylic acids is 1. The molecule has 120 valence electrons. The number of nitrogens with one attached hydrogen (secondary N) is 1. The molecule has 1 atom stereocenters. The van der Waals surface area contributed by atoms with Gasteiger partial charge in [-0.05, 0) is 43.0 Å². The molecule has 0 heterocycles. The Morgan fingerprint density at radius 1 is 1.17 bits per heavy atom. The van der Waals surface area contributed by atoms with Crippen molar-refractivity contribution in [2.24, 2.45) is 0 Å². The molecule has 23 heavy (non-hydrogen) atoms. The summed E-state index contributed by atoms with van der Waals surface area (Å²) in [6, 6.07) is 18.1. The molecular formula is C19H20BrNO2. The molecule has 0 saturated heterocycles. The average molecular weight is 374 g/mol. The van der Waals surface area contributed by atoms with Gasteiger partial charge in [-0.1, -0.05) is 58.4 Å². The molecule has 2 aromatic rings. The Bertz CT molecular complexity index is 666. The lowest BCUT2D eigenvalue weighted by atomic mass is 9.89. The SMILES string of the molecule is CC(NC(=O)OCc1ccccc1)C1(c2ccc(Br)cc2)CC1. The van der Waals surface area contributed by atoms with Crippen LogP contribution in [0.15, 0.2) is 59.1 Å². The molecule has 1 aliphatic rings. The first-order valence-electron chi connectivity index (χ1n) is 7.83. The van der Waals surface area contributed by atoms with E-state index in [4.69, 9.17) is 4.74 Å². The van der Waals surface area contributed by atoms with Crippen molar-refractivity contribution < 1.29 is 9.53 Å². The van der Waals surface area contributed by atoms with Gasteiger partial charge in [0, 0.05) is 15.9 Å². The summed E-state index contributed by atoms with van der Waals surface area (Å²) >= 11 is 3.46. The molecule has 3 nitrogen and oxygen atoms in total. The summed E-state index contributed by atoms with van der Waals surface area (Å²) in [4.78, 5) is 12.0. The second-order valence-corrected chi connectivity index (χ2v) is 7.01. The summed E-state index contributed by atoms with van der Waals surface area (Å²) in [7, 11) is 0. The molecular weight excluding hydrogens is 354 g/mol. The fourth-order valence-corrected chi connectivity index (χ4v) is 3.23. The zero-order chi connectivity index (χ0) is 16.3. The van der Waals surface area contributed by atoms with Gasteiger partial charge in [0.25, 0.3) is 0 Å². The fourth-order valence-electron chi connectivity index (χ4n) is 2.97. The summed E-state index contributed by atoms with van der Waals surface area (Å²) in [6.45, 7) is 2.35. The third kappa shape index (κ3) is 3.75. The van der Waals surface area contributed by atoms with E-state index in [-0.39, 0.29) is 17.6 Å². The van der Waals surface area contributed by atoms with Crippen molar-refractivity contribution in [1.82, 2.24) is 5.32 Å². The minimum atomic E-state index is -0.357. The van der Waals surface area contributed by atoms with E-state index in [9.17, 15) is 4.79 Å². The predicted octanol–water partition coefficient (Wildman–Crippen LogP) is 4.80. The first kappa shape index (κ1) is 16.1. The number of rotatable bonds is 5. The highest BCUT2D eigenvalue weighted by Crippen LogP contribution is 2.51. The van der Waals surface area contributed by atoms with Crippen molar-refractivity contribution in [3.05, 3.63) is 70.2 Å². The molecule has 1 saturated carbocycles.